The van der Waals surface area contributed by atoms with Crippen LogP contribution in [0.5, 0.6) is 0 Å². The van der Waals surface area contributed by atoms with Gasteiger partial charge in [-0.1, -0.05) is 0 Å². The molecule has 1 nitrogen and oxygen atoms in total. The van der Waals surface area contributed by atoms with Crippen LogP contribution < -0.4 is 0 Å². The van der Waals surface area contributed by atoms with Crippen LogP contribution in [-0.4, -0.2) is 23.0 Å². The lowest BCUT2D eigenvalue weighted by molar-refractivity contribution is 0.148. The van der Waals surface area contributed by atoms with Crippen LogP contribution in [0.25, 0.3) is 0 Å². The summed E-state index contributed by atoms with van der Waals surface area (Å²) in [6, 6.07) is 0.797. The first-order chi connectivity index (χ1) is 4.72. The minimum absolute atomic E-state index is 0.0584. The molecule has 2 aliphatic rings. The second-order valence-electron chi connectivity index (χ2n) is 3.61. The molecule has 0 aromatic carbocycles. The quantitative estimate of drug-likeness (QED) is 0.387. The van der Waals surface area contributed by atoms with Gasteiger partial charge in [0.05, 0.1) is 5.00 Å². The van der Waals surface area contributed by atoms with Gasteiger partial charge in [-0.2, -0.15) is 0 Å². The summed E-state index contributed by atoms with van der Waals surface area (Å²) < 4.78 is 0. The highest BCUT2D eigenvalue weighted by Gasteiger charge is 2.44. The van der Waals surface area contributed by atoms with Crippen LogP contribution in [0.2, 0.25) is 0 Å². The van der Waals surface area contributed by atoms with Crippen molar-refractivity contribution in [3.8, 4) is 0 Å². The lowest BCUT2D eigenvalue weighted by Crippen LogP contribution is -2.43. The molecule has 0 radical (unpaired) electrons. The Hall–Kier alpha value is 0.250. The molecule has 0 aromatic heterocycles. The zero-order valence-electron chi connectivity index (χ0n) is 6.44. The van der Waals surface area contributed by atoms with Gasteiger partial charge in [0.25, 0.3) is 0 Å². The Morgan fingerprint density at radius 1 is 1.40 bits per heavy atom. The van der Waals surface area contributed by atoms with Crippen LogP contribution in [0.15, 0.2) is 0 Å². The Morgan fingerprint density at radius 3 is 2.80 bits per heavy atom. The van der Waals surface area contributed by atoms with E-state index in [2.05, 4.69) is 11.9 Å². The minimum Gasteiger partial charge on any atom is -0.285 e. The number of hydrogen-bond acceptors (Lipinski definition) is 1. The summed E-state index contributed by atoms with van der Waals surface area (Å²) in [6.07, 6.45) is 6.42. The van der Waals surface area contributed by atoms with E-state index in [0.717, 1.165) is 6.04 Å². The first-order valence-corrected chi connectivity index (χ1v) is 4.52. The van der Waals surface area contributed by atoms with Crippen LogP contribution in [0.4, 0.5) is 0 Å². The summed E-state index contributed by atoms with van der Waals surface area (Å²) in [7, 11) is 2.17. The molecule has 0 aromatic rings. The SMILES string of the molecule is CN1C2CCCC1(Cl)CC2. The summed E-state index contributed by atoms with van der Waals surface area (Å²) in [5, 5.41) is 0. The van der Waals surface area contributed by atoms with Gasteiger partial charge in [-0.05, 0) is 39.2 Å². The Labute approximate surface area is 67.3 Å². The zero-order chi connectivity index (χ0) is 7.19. The molecule has 0 spiro atoms. The van der Waals surface area contributed by atoms with Crippen molar-refractivity contribution in [1.82, 2.24) is 4.90 Å². The van der Waals surface area contributed by atoms with E-state index < -0.39 is 0 Å². The number of halogens is 1. The van der Waals surface area contributed by atoms with E-state index in [9.17, 15) is 0 Å². The Bertz CT molecular complexity index is 144. The smallest absolute Gasteiger partial charge is 0.0961 e. The van der Waals surface area contributed by atoms with E-state index in [1.807, 2.05) is 0 Å². The molecule has 2 aliphatic heterocycles. The van der Waals surface area contributed by atoms with Gasteiger partial charge in [-0.3, -0.25) is 4.90 Å². The van der Waals surface area contributed by atoms with Crippen molar-refractivity contribution >= 4 is 11.6 Å². The van der Waals surface area contributed by atoms with Gasteiger partial charge in [0.15, 0.2) is 0 Å². The lowest BCUT2D eigenvalue weighted by atomic mass is 10.0. The molecule has 2 atom stereocenters. The first kappa shape index (κ1) is 6.93. The van der Waals surface area contributed by atoms with E-state index in [4.69, 9.17) is 11.6 Å². The molecule has 2 unspecified atom stereocenters. The third-order valence-corrected chi connectivity index (χ3v) is 3.78. The summed E-state index contributed by atoms with van der Waals surface area (Å²) in [4.78, 5) is 2.43. The Kier molecular flexibility index (Phi) is 1.47. The molecule has 2 bridgehead atoms. The number of alkyl halides is 1. The van der Waals surface area contributed by atoms with Crippen LogP contribution in [0, 0.1) is 0 Å². The van der Waals surface area contributed by atoms with Gasteiger partial charge in [0.1, 0.15) is 0 Å². The highest BCUT2D eigenvalue weighted by atomic mass is 35.5. The predicted octanol–water partition coefficient (Wildman–Crippen LogP) is 2.20. The molecule has 0 saturated carbocycles. The molecular weight excluding hydrogens is 146 g/mol. The number of fused-ring (bicyclic) bond motifs is 2. The van der Waals surface area contributed by atoms with Crippen LogP contribution >= 0.6 is 11.6 Å². The van der Waals surface area contributed by atoms with Crippen molar-refractivity contribution < 1.29 is 0 Å². The highest BCUT2D eigenvalue weighted by molar-refractivity contribution is 6.23. The monoisotopic (exact) mass is 159 g/mol. The minimum atomic E-state index is 0.0584. The maximum atomic E-state index is 6.38. The Balaban J connectivity index is 2.21. The van der Waals surface area contributed by atoms with Crippen LogP contribution in [0.3, 0.4) is 0 Å². The van der Waals surface area contributed by atoms with Crippen molar-refractivity contribution in [2.24, 2.45) is 0 Å². The van der Waals surface area contributed by atoms with E-state index >= 15 is 0 Å². The predicted molar refractivity (Wildman–Crippen MR) is 43.2 cm³/mol. The highest BCUT2D eigenvalue weighted by Crippen LogP contribution is 2.45. The van der Waals surface area contributed by atoms with Gasteiger partial charge in [0, 0.05) is 6.04 Å². The van der Waals surface area contributed by atoms with E-state index in [1.54, 1.807) is 0 Å². The van der Waals surface area contributed by atoms with Gasteiger partial charge < -0.3 is 0 Å². The maximum absolute atomic E-state index is 6.38. The van der Waals surface area contributed by atoms with Gasteiger partial charge in [-0.15, -0.1) is 11.6 Å². The zero-order valence-corrected chi connectivity index (χ0v) is 7.19. The average molecular weight is 160 g/mol. The molecular formula is C8H14ClN. The second kappa shape index (κ2) is 2.12. The van der Waals surface area contributed by atoms with Crippen molar-refractivity contribution in [2.75, 3.05) is 7.05 Å². The molecule has 2 heterocycles. The standard InChI is InChI=1S/C8H14ClN/c1-10-7-3-2-5-8(10,9)6-4-7/h7H,2-6H2,1H3. The summed E-state index contributed by atoms with van der Waals surface area (Å²) in [5.74, 6) is 0. The molecule has 0 amide bonds. The van der Waals surface area contributed by atoms with Crippen molar-refractivity contribution in [3.05, 3.63) is 0 Å². The molecule has 2 heteroatoms. The summed E-state index contributed by atoms with van der Waals surface area (Å²) >= 11 is 6.38. The average Bonchev–Trinajstić information content (AvgIpc) is 2.18. The number of piperidine rings is 1. The molecule has 0 N–H and O–H groups in total. The van der Waals surface area contributed by atoms with Gasteiger partial charge in [0.2, 0.25) is 0 Å². The summed E-state index contributed by atoms with van der Waals surface area (Å²) in [6.45, 7) is 0. The van der Waals surface area contributed by atoms with Crippen LogP contribution in [-0.2, 0) is 0 Å². The lowest BCUT2D eigenvalue weighted by Gasteiger charge is -2.37. The maximum Gasteiger partial charge on any atom is 0.0961 e. The number of rotatable bonds is 0. The van der Waals surface area contributed by atoms with Crippen molar-refractivity contribution in [1.29, 1.82) is 0 Å². The normalized spacial score (nSPS) is 48.0. The van der Waals surface area contributed by atoms with E-state index in [1.165, 1.54) is 32.1 Å². The van der Waals surface area contributed by atoms with Crippen molar-refractivity contribution in [2.45, 2.75) is 43.1 Å². The van der Waals surface area contributed by atoms with Gasteiger partial charge >= 0.3 is 0 Å². The Morgan fingerprint density at radius 2 is 2.20 bits per heavy atom. The number of hydrogen-bond donors (Lipinski definition) is 0. The van der Waals surface area contributed by atoms with Crippen molar-refractivity contribution in [3.63, 3.8) is 0 Å². The molecule has 58 valence electrons. The van der Waals surface area contributed by atoms with Gasteiger partial charge in [-0.25, -0.2) is 0 Å². The molecule has 10 heavy (non-hydrogen) atoms. The third kappa shape index (κ3) is 0.802. The number of nitrogens with zero attached hydrogens (tertiary/aromatic N) is 1. The second-order valence-corrected chi connectivity index (χ2v) is 4.32. The summed E-state index contributed by atoms with van der Waals surface area (Å²) in [5.41, 5.74) is 0. The first-order valence-electron chi connectivity index (χ1n) is 4.14. The fraction of sp³-hybridized carbons (Fsp3) is 1.00. The molecule has 2 fully saturated rings. The molecule has 2 saturated heterocycles. The fourth-order valence-corrected chi connectivity index (χ4v) is 2.71. The van der Waals surface area contributed by atoms with Crippen LogP contribution in [0.1, 0.15) is 32.1 Å². The molecule has 2 rings (SSSR count). The van der Waals surface area contributed by atoms with E-state index in [0.29, 0.717) is 0 Å². The third-order valence-electron chi connectivity index (χ3n) is 3.14. The van der Waals surface area contributed by atoms with E-state index in [-0.39, 0.29) is 5.00 Å². The fourth-order valence-electron chi connectivity index (χ4n) is 2.33. The largest absolute Gasteiger partial charge is 0.285 e. The topological polar surface area (TPSA) is 3.24 Å². The molecule has 0 aliphatic carbocycles.